The van der Waals surface area contributed by atoms with Crippen LogP contribution >= 0.6 is 23.2 Å². The fraction of sp³-hybridized carbons (Fsp3) is 0.214. The van der Waals surface area contributed by atoms with Crippen molar-refractivity contribution >= 4 is 52.3 Å². The highest BCUT2D eigenvalue weighted by atomic mass is 35.5. The van der Waals surface area contributed by atoms with E-state index >= 15 is 0 Å². The van der Waals surface area contributed by atoms with Crippen molar-refractivity contribution in [3.8, 4) is 23.3 Å². The Morgan fingerprint density at radius 1 is 1.07 bits per heavy atom. The van der Waals surface area contributed by atoms with Crippen LogP contribution in [-0.4, -0.2) is 51.5 Å². The van der Waals surface area contributed by atoms with Crippen molar-refractivity contribution in [2.24, 2.45) is 5.73 Å². The molecule has 2 aromatic heterocycles. The number of primary amides is 1. The highest BCUT2D eigenvalue weighted by Gasteiger charge is 2.64. The number of methoxy groups -OCH3 is 2. The molecule has 0 saturated heterocycles. The zero-order valence-electron chi connectivity index (χ0n) is 22.7. The van der Waals surface area contributed by atoms with Gasteiger partial charge in [-0.05, 0) is 44.2 Å². The summed E-state index contributed by atoms with van der Waals surface area (Å²) in [5.74, 6) is -1.32. The van der Waals surface area contributed by atoms with Crippen molar-refractivity contribution in [1.29, 1.82) is 0 Å². The number of halogens is 2. The molecule has 12 nitrogen and oxygen atoms in total. The molecular formula is C28H23Cl2N7O5. The predicted molar refractivity (Wildman–Crippen MR) is 154 cm³/mol. The van der Waals surface area contributed by atoms with Gasteiger partial charge in [0.25, 0.3) is 11.8 Å². The van der Waals surface area contributed by atoms with Gasteiger partial charge in [0.2, 0.25) is 11.8 Å². The van der Waals surface area contributed by atoms with Gasteiger partial charge in [-0.3, -0.25) is 19.3 Å². The first-order chi connectivity index (χ1) is 20.0. The maximum absolute atomic E-state index is 14.4. The molecule has 2 aliphatic heterocycles. The molecule has 6 rings (SSSR count). The van der Waals surface area contributed by atoms with Crippen LogP contribution in [0, 0.1) is 0 Å². The van der Waals surface area contributed by atoms with E-state index in [0.29, 0.717) is 33.4 Å². The predicted octanol–water partition coefficient (Wildman–Crippen LogP) is 4.20. The average Bonchev–Trinajstić information content (AvgIpc) is 3.56. The third-order valence-electron chi connectivity index (χ3n) is 7.28. The zero-order chi connectivity index (χ0) is 30.1. The van der Waals surface area contributed by atoms with Gasteiger partial charge in [-0.25, -0.2) is 9.97 Å². The van der Waals surface area contributed by atoms with E-state index in [0.717, 1.165) is 0 Å². The number of nitrogens with zero attached hydrogens (tertiary/aromatic N) is 5. The standard InChI is InChI=1S/C28H23Cl2N7O5/c1-12(2)36-21-20(34-23(36)16-11-32-27(42-4)35-24(16)41-3)25(39)37(14-6-7-15(22(31)38)18(30)10-14)28(21)17-8-5-13(29)9-19(17)33-26(28)40/h5-12H,1-4H3,(H2,31,38)(H,33,40)/t28-/m1/s1. The molecule has 3 N–H and O–H groups in total. The van der Waals surface area contributed by atoms with Gasteiger partial charge < -0.3 is 25.1 Å². The summed E-state index contributed by atoms with van der Waals surface area (Å²) in [5.41, 5.74) is 5.72. The summed E-state index contributed by atoms with van der Waals surface area (Å²) in [4.78, 5) is 55.2. The molecule has 42 heavy (non-hydrogen) atoms. The molecule has 2 aliphatic rings. The van der Waals surface area contributed by atoms with E-state index in [9.17, 15) is 14.4 Å². The summed E-state index contributed by atoms with van der Waals surface area (Å²) in [6, 6.07) is 9.08. The summed E-state index contributed by atoms with van der Waals surface area (Å²) in [6.45, 7) is 3.80. The molecule has 14 heteroatoms. The van der Waals surface area contributed by atoms with E-state index in [4.69, 9.17) is 43.4 Å². The number of nitrogens with two attached hydrogens (primary N) is 1. The van der Waals surface area contributed by atoms with E-state index < -0.39 is 23.3 Å². The maximum atomic E-state index is 14.4. The van der Waals surface area contributed by atoms with Crippen LogP contribution in [0.5, 0.6) is 11.9 Å². The Kier molecular flexibility index (Phi) is 6.35. The van der Waals surface area contributed by atoms with E-state index in [2.05, 4.69) is 15.3 Å². The molecule has 214 valence electrons. The number of fused-ring (bicyclic) bond motifs is 4. The highest BCUT2D eigenvalue weighted by Crippen LogP contribution is 2.54. The minimum Gasteiger partial charge on any atom is -0.480 e. The van der Waals surface area contributed by atoms with Crippen LogP contribution in [0.25, 0.3) is 11.4 Å². The van der Waals surface area contributed by atoms with Crippen LogP contribution in [0.3, 0.4) is 0 Å². The normalized spacial score (nSPS) is 17.1. The second-order valence-electron chi connectivity index (χ2n) is 9.90. The van der Waals surface area contributed by atoms with Gasteiger partial charge >= 0.3 is 6.01 Å². The van der Waals surface area contributed by atoms with Crippen LogP contribution in [0.1, 0.15) is 52.0 Å². The fourth-order valence-corrected chi connectivity index (χ4v) is 6.06. The minimum atomic E-state index is -1.72. The van der Waals surface area contributed by atoms with Crippen LogP contribution in [-0.2, 0) is 10.3 Å². The Morgan fingerprint density at radius 3 is 2.48 bits per heavy atom. The number of ether oxygens (including phenoxy) is 2. The molecule has 4 aromatic rings. The first-order valence-corrected chi connectivity index (χ1v) is 13.4. The molecule has 0 bridgehead atoms. The Balaban J connectivity index is 1.69. The third-order valence-corrected chi connectivity index (χ3v) is 7.83. The smallest absolute Gasteiger partial charge is 0.319 e. The Labute approximate surface area is 249 Å². The Hall–Kier alpha value is -4.68. The lowest BCUT2D eigenvalue weighted by atomic mass is 9.87. The number of carbonyl (C=O) groups excluding carboxylic acids is 3. The number of imidazole rings is 1. The van der Waals surface area contributed by atoms with Crippen molar-refractivity contribution in [3.05, 3.63) is 75.2 Å². The number of amides is 3. The molecule has 1 atom stereocenters. The molecular weight excluding hydrogens is 585 g/mol. The number of hydrogen-bond acceptors (Lipinski definition) is 8. The first kappa shape index (κ1) is 27.5. The molecule has 0 aliphatic carbocycles. The second-order valence-corrected chi connectivity index (χ2v) is 10.7. The number of anilines is 2. The van der Waals surface area contributed by atoms with Gasteiger partial charge in [0.05, 0.1) is 36.1 Å². The molecule has 1 spiro atoms. The van der Waals surface area contributed by atoms with Crippen molar-refractivity contribution in [3.63, 3.8) is 0 Å². The number of rotatable bonds is 6. The van der Waals surface area contributed by atoms with Crippen molar-refractivity contribution in [1.82, 2.24) is 19.5 Å². The van der Waals surface area contributed by atoms with Crippen LogP contribution in [0.15, 0.2) is 42.6 Å². The van der Waals surface area contributed by atoms with Crippen molar-refractivity contribution in [2.75, 3.05) is 24.4 Å². The number of carbonyl (C=O) groups is 3. The summed E-state index contributed by atoms with van der Waals surface area (Å²) < 4.78 is 12.5. The average molecular weight is 608 g/mol. The number of benzene rings is 2. The largest absolute Gasteiger partial charge is 0.480 e. The summed E-state index contributed by atoms with van der Waals surface area (Å²) in [6.07, 6.45) is 1.49. The third kappa shape index (κ3) is 3.68. The maximum Gasteiger partial charge on any atom is 0.319 e. The monoisotopic (exact) mass is 607 g/mol. The summed E-state index contributed by atoms with van der Waals surface area (Å²) in [7, 11) is 2.87. The fourth-order valence-electron chi connectivity index (χ4n) is 5.62. The van der Waals surface area contributed by atoms with Crippen LogP contribution in [0.4, 0.5) is 11.4 Å². The van der Waals surface area contributed by atoms with Gasteiger partial charge in [-0.15, -0.1) is 0 Å². The SMILES string of the molecule is COc1ncc(-c2nc3c(n2C(C)C)[C@]2(C(=O)Nc4cc(Cl)ccc42)N(c2ccc(C(N)=O)c(Cl)c2)C3=O)c(OC)n1. The molecule has 0 unspecified atom stereocenters. The lowest BCUT2D eigenvalue weighted by Gasteiger charge is -2.36. The summed E-state index contributed by atoms with van der Waals surface area (Å²) >= 11 is 12.7. The first-order valence-electron chi connectivity index (χ1n) is 12.7. The second kappa shape index (κ2) is 9.71. The Morgan fingerprint density at radius 2 is 1.83 bits per heavy atom. The van der Waals surface area contributed by atoms with Gasteiger partial charge in [0.1, 0.15) is 5.82 Å². The van der Waals surface area contributed by atoms with Gasteiger partial charge in [0, 0.05) is 34.2 Å². The molecule has 0 fully saturated rings. The number of nitrogens with one attached hydrogen (secondary N) is 1. The van der Waals surface area contributed by atoms with Crippen molar-refractivity contribution < 1.29 is 23.9 Å². The lowest BCUT2D eigenvalue weighted by molar-refractivity contribution is -0.119. The van der Waals surface area contributed by atoms with Crippen LogP contribution < -0.4 is 25.4 Å². The Bertz CT molecular complexity index is 1840. The number of hydrogen-bond donors (Lipinski definition) is 2. The zero-order valence-corrected chi connectivity index (χ0v) is 24.2. The van der Waals surface area contributed by atoms with Gasteiger partial charge in [-0.2, -0.15) is 4.98 Å². The number of aromatic nitrogens is 4. The van der Waals surface area contributed by atoms with Gasteiger partial charge in [0.15, 0.2) is 11.2 Å². The molecule has 2 aromatic carbocycles. The van der Waals surface area contributed by atoms with Gasteiger partial charge in [-0.1, -0.05) is 29.3 Å². The molecule has 3 amide bonds. The summed E-state index contributed by atoms with van der Waals surface area (Å²) in [5, 5.41) is 3.32. The minimum absolute atomic E-state index is 0.0229. The van der Waals surface area contributed by atoms with E-state index in [1.807, 2.05) is 13.8 Å². The van der Waals surface area contributed by atoms with E-state index in [-0.39, 0.29) is 39.9 Å². The molecule has 0 radical (unpaired) electrons. The quantitative estimate of drug-likeness (QED) is 0.330. The molecule has 0 saturated carbocycles. The van der Waals surface area contributed by atoms with E-state index in [1.165, 1.54) is 43.5 Å². The van der Waals surface area contributed by atoms with Crippen LogP contribution in [0.2, 0.25) is 10.0 Å². The van der Waals surface area contributed by atoms with E-state index in [1.54, 1.807) is 22.8 Å². The highest BCUT2D eigenvalue weighted by molar-refractivity contribution is 6.34. The molecule has 4 heterocycles. The van der Waals surface area contributed by atoms with Crippen molar-refractivity contribution in [2.45, 2.75) is 25.4 Å². The topological polar surface area (TPSA) is 155 Å². The lowest BCUT2D eigenvalue weighted by Crippen LogP contribution is -2.51.